The maximum Gasteiger partial charge on any atom is 0.0642 e. The summed E-state index contributed by atoms with van der Waals surface area (Å²) in [6.45, 7) is 11.0. The van der Waals surface area contributed by atoms with Crippen molar-refractivity contribution in [2.45, 2.75) is 33.7 Å². The quantitative estimate of drug-likeness (QED) is 0.822. The molecule has 1 aromatic rings. The van der Waals surface area contributed by atoms with Crippen molar-refractivity contribution in [3.8, 4) is 0 Å². The predicted octanol–water partition coefficient (Wildman–Crippen LogP) is 3.93. The zero-order valence-electron chi connectivity index (χ0n) is 12.2. The Morgan fingerprint density at radius 2 is 1.95 bits per heavy atom. The minimum Gasteiger partial charge on any atom is -0.370 e. The third-order valence-electron chi connectivity index (χ3n) is 4.10. The minimum absolute atomic E-state index is 0.752. The fourth-order valence-corrected chi connectivity index (χ4v) is 2.98. The van der Waals surface area contributed by atoms with Crippen LogP contribution in [0.3, 0.4) is 0 Å². The summed E-state index contributed by atoms with van der Waals surface area (Å²) >= 11 is 6.45. The summed E-state index contributed by atoms with van der Waals surface area (Å²) in [6, 6.07) is 6.47. The average Bonchev–Trinajstić information content (AvgIpc) is 2.70. The maximum atomic E-state index is 6.45. The Morgan fingerprint density at radius 3 is 2.53 bits per heavy atom. The zero-order chi connectivity index (χ0) is 13.8. The molecule has 0 aromatic heterocycles. The Morgan fingerprint density at radius 1 is 1.26 bits per heavy atom. The fraction of sp³-hybridized carbons (Fsp3) is 0.625. The molecule has 0 bridgehead atoms. The molecule has 1 fully saturated rings. The molecule has 19 heavy (non-hydrogen) atoms. The third-order valence-corrected chi connectivity index (χ3v) is 4.40. The van der Waals surface area contributed by atoms with Crippen molar-refractivity contribution in [2.24, 2.45) is 11.8 Å². The monoisotopic (exact) mass is 280 g/mol. The number of anilines is 1. The van der Waals surface area contributed by atoms with Gasteiger partial charge in [-0.3, -0.25) is 0 Å². The van der Waals surface area contributed by atoms with Crippen LogP contribution >= 0.6 is 11.6 Å². The predicted molar refractivity (Wildman–Crippen MR) is 84.0 cm³/mol. The first-order valence-corrected chi connectivity index (χ1v) is 7.73. The Kier molecular flexibility index (Phi) is 5.12. The van der Waals surface area contributed by atoms with Crippen molar-refractivity contribution in [1.82, 2.24) is 5.32 Å². The molecule has 2 rings (SSSR count). The Balaban J connectivity index is 2.03. The van der Waals surface area contributed by atoms with Gasteiger partial charge in [-0.15, -0.1) is 0 Å². The highest BCUT2D eigenvalue weighted by Crippen LogP contribution is 2.33. The number of hydrogen-bond donors (Lipinski definition) is 1. The standard InChI is InChI=1S/C16H25ClN2/c1-4-7-18-9-14-5-6-16(15(17)8-14)19-10-12(2)13(3)11-19/h5-6,8,12-13,18H,4,7,9-11H2,1-3H3. The highest BCUT2D eigenvalue weighted by atomic mass is 35.5. The van der Waals surface area contributed by atoms with E-state index in [0.29, 0.717) is 0 Å². The second-order valence-corrected chi connectivity index (χ2v) is 6.23. The van der Waals surface area contributed by atoms with Gasteiger partial charge in [0.25, 0.3) is 0 Å². The maximum absolute atomic E-state index is 6.45. The third kappa shape index (κ3) is 3.64. The van der Waals surface area contributed by atoms with E-state index in [2.05, 4.69) is 49.2 Å². The molecule has 0 saturated carbocycles. The van der Waals surface area contributed by atoms with E-state index in [-0.39, 0.29) is 0 Å². The van der Waals surface area contributed by atoms with Crippen LogP contribution < -0.4 is 10.2 Å². The van der Waals surface area contributed by atoms with E-state index >= 15 is 0 Å². The summed E-state index contributed by atoms with van der Waals surface area (Å²) in [6.07, 6.45) is 1.16. The van der Waals surface area contributed by atoms with Crippen molar-refractivity contribution >= 4 is 17.3 Å². The second kappa shape index (κ2) is 6.62. The molecular weight excluding hydrogens is 256 g/mol. The number of rotatable bonds is 5. The lowest BCUT2D eigenvalue weighted by atomic mass is 10.0. The topological polar surface area (TPSA) is 15.3 Å². The van der Waals surface area contributed by atoms with E-state index < -0.39 is 0 Å². The SMILES string of the molecule is CCCNCc1ccc(N2CC(C)C(C)C2)c(Cl)c1. The summed E-state index contributed by atoms with van der Waals surface area (Å²) in [5, 5.41) is 4.30. The Hall–Kier alpha value is -0.730. The molecule has 0 amide bonds. The van der Waals surface area contributed by atoms with Crippen LogP contribution in [0.2, 0.25) is 5.02 Å². The van der Waals surface area contributed by atoms with Gasteiger partial charge in [-0.2, -0.15) is 0 Å². The molecule has 1 heterocycles. The number of halogens is 1. The molecule has 106 valence electrons. The van der Waals surface area contributed by atoms with Gasteiger partial charge >= 0.3 is 0 Å². The van der Waals surface area contributed by atoms with Crippen molar-refractivity contribution < 1.29 is 0 Å². The van der Waals surface area contributed by atoms with Gasteiger partial charge in [-0.05, 0) is 42.5 Å². The van der Waals surface area contributed by atoms with Crippen LogP contribution in [0.4, 0.5) is 5.69 Å². The van der Waals surface area contributed by atoms with E-state index in [1.165, 1.54) is 11.3 Å². The van der Waals surface area contributed by atoms with Crippen molar-refractivity contribution in [2.75, 3.05) is 24.5 Å². The number of hydrogen-bond acceptors (Lipinski definition) is 2. The molecule has 0 spiro atoms. The lowest BCUT2D eigenvalue weighted by Gasteiger charge is -2.20. The molecule has 2 atom stereocenters. The highest BCUT2D eigenvalue weighted by Gasteiger charge is 2.27. The minimum atomic E-state index is 0.752. The zero-order valence-corrected chi connectivity index (χ0v) is 13.0. The molecule has 1 aromatic carbocycles. The normalized spacial score (nSPS) is 23.1. The van der Waals surface area contributed by atoms with Gasteiger partial charge in [0.1, 0.15) is 0 Å². The van der Waals surface area contributed by atoms with Crippen molar-refractivity contribution in [1.29, 1.82) is 0 Å². The van der Waals surface area contributed by atoms with E-state index in [1.807, 2.05) is 0 Å². The van der Waals surface area contributed by atoms with Gasteiger partial charge in [0, 0.05) is 19.6 Å². The molecule has 2 unspecified atom stereocenters. The molecule has 1 saturated heterocycles. The van der Waals surface area contributed by atoms with Crippen molar-refractivity contribution in [3.05, 3.63) is 28.8 Å². The number of nitrogens with zero attached hydrogens (tertiary/aromatic N) is 1. The van der Waals surface area contributed by atoms with E-state index in [9.17, 15) is 0 Å². The molecular formula is C16H25ClN2. The first-order valence-electron chi connectivity index (χ1n) is 7.36. The van der Waals surface area contributed by atoms with Crippen LogP contribution in [-0.4, -0.2) is 19.6 Å². The lowest BCUT2D eigenvalue weighted by Crippen LogP contribution is -2.20. The second-order valence-electron chi connectivity index (χ2n) is 5.82. The summed E-state index contributed by atoms with van der Waals surface area (Å²) < 4.78 is 0. The van der Waals surface area contributed by atoms with Gasteiger partial charge in [0.05, 0.1) is 10.7 Å². The number of nitrogens with one attached hydrogen (secondary N) is 1. The van der Waals surface area contributed by atoms with Crippen LogP contribution in [0.1, 0.15) is 32.8 Å². The van der Waals surface area contributed by atoms with E-state index in [1.54, 1.807) is 0 Å². The highest BCUT2D eigenvalue weighted by molar-refractivity contribution is 6.33. The van der Waals surface area contributed by atoms with Crippen LogP contribution in [0.5, 0.6) is 0 Å². The number of benzene rings is 1. The van der Waals surface area contributed by atoms with Crippen LogP contribution in [0.15, 0.2) is 18.2 Å². The molecule has 2 nitrogen and oxygen atoms in total. The van der Waals surface area contributed by atoms with Gasteiger partial charge in [0.15, 0.2) is 0 Å². The first-order chi connectivity index (χ1) is 9.11. The molecule has 1 N–H and O–H groups in total. The molecule has 0 aliphatic carbocycles. The molecule has 1 aliphatic heterocycles. The first kappa shape index (κ1) is 14.7. The van der Waals surface area contributed by atoms with Gasteiger partial charge in [-0.25, -0.2) is 0 Å². The summed E-state index contributed by atoms with van der Waals surface area (Å²) in [4.78, 5) is 2.42. The summed E-state index contributed by atoms with van der Waals surface area (Å²) in [5.41, 5.74) is 2.46. The average molecular weight is 281 g/mol. The van der Waals surface area contributed by atoms with Crippen LogP contribution in [0.25, 0.3) is 0 Å². The van der Waals surface area contributed by atoms with Gasteiger partial charge < -0.3 is 10.2 Å². The summed E-state index contributed by atoms with van der Waals surface area (Å²) in [7, 11) is 0. The fourth-order valence-electron chi connectivity index (χ4n) is 2.65. The van der Waals surface area contributed by atoms with Crippen LogP contribution in [-0.2, 0) is 6.54 Å². The smallest absolute Gasteiger partial charge is 0.0642 e. The summed E-state index contributed by atoms with van der Waals surface area (Å²) in [5.74, 6) is 1.50. The Labute approximate surface area is 122 Å². The van der Waals surface area contributed by atoms with E-state index in [4.69, 9.17) is 11.6 Å². The Bertz CT molecular complexity index is 409. The van der Waals surface area contributed by atoms with Crippen molar-refractivity contribution in [3.63, 3.8) is 0 Å². The molecule has 1 aliphatic rings. The van der Waals surface area contributed by atoms with Gasteiger partial charge in [0.2, 0.25) is 0 Å². The van der Waals surface area contributed by atoms with E-state index in [0.717, 1.165) is 49.5 Å². The molecule has 3 heteroatoms. The molecule has 0 radical (unpaired) electrons. The van der Waals surface area contributed by atoms with Gasteiger partial charge in [-0.1, -0.05) is 38.4 Å². The lowest BCUT2D eigenvalue weighted by molar-refractivity contribution is 0.494. The van der Waals surface area contributed by atoms with Crippen LogP contribution in [0, 0.1) is 11.8 Å². The largest absolute Gasteiger partial charge is 0.370 e.